The van der Waals surface area contributed by atoms with Gasteiger partial charge in [0, 0.05) is 30.9 Å². The molecule has 0 saturated carbocycles. The van der Waals surface area contributed by atoms with Crippen LogP contribution in [0.2, 0.25) is 0 Å². The van der Waals surface area contributed by atoms with Gasteiger partial charge < -0.3 is 16.0 Å². The van der Waals surface area contributed by atoms with Gasteiger partial charge >= 0.3 is 6.03 Å². The first-order chi connectivity index (χ1) is 8.15. The third-order valence-electron chi connectivity index (χ3n) is 2.43. The Morgan fingerprint density at radius 2 is 2.24 bits per heavy atom. The molecule has 7 heteroatoms. The van der Waals surface area contributed by atoms with Crippen molar-refractivity contribution in [3.63, 3.8) is 0 Å². The lowest BCUT2D eigenvalue weighted by molar-refractivity contribution is -0.384. The second kappa shape index (κ2) is 4.79. The van der Waals surface area contributed by atoms with Gasteiger partial charge in [-0.05, 0) is 6.07 Å². The maximum absolute atomic E-state index is 11.5. The molecule has 7 nitrogen and oxygen atoms in total. The van der Waals surface area contributed by atoms with Gasteiger partial charge in [0.25, 0.3) is 5.69 Å². The first kappa shape index (κ1) is 11.3. The second-order valence-corrected chi connectivity index (χ2v) is 3.76. The van der Waals surface area contributed by atoms with E-state index in [1.807, 2.05) is 0 Å². The second-order valence-electron chi connectivity index (χ2n) is 3.76. The number of hydrogen-bond acceptors (Lipinski definition) is 4. The van der Waals surface area contributed by atoms with E-state index in [2.05, 4.69) is 16.0 Å². The van der Waals surface area contributed by atoms with E-state index in [0.717, 1.165) is 13.1 Å². The number of hydrogen-bond donors (Lipinski definition) is 3. The third kappa shape index (κ3) is 2.91. The molecule has 1 heterocycles. The Morgan fingerprint density at radius 3 is 2.82 bits per heavy atom. The van der Waals surface area contributed by atoms with Gasteiger partial charge in [-0.3, -0.25) is 10.1 Å². The first-order valence-corrected chi connectivity index (χ1v) is 5.18. The Balaban J connectivity index is 1.95. The van der Waals surface area contributed by atoms with E-state index in [-0.39, 0.29) is 17.8 Å². The van der Waals surface area contributed by atoms with E-state index in [1.165, 1.54) is 18.2 Å². The predicted octanol–water partition coefficient (Wildman–Crippen LogP) is 0.688. The number of anilines is 1. The van der Waals surface area contributed by atoms with Crippen LogP contribution < -0.4 is 16.0 Å². The van der Waals surface area contributed by atoms with Crippen molar-refractivity contribution < 1.29 is 9.72 Å². The molecule has 0 aromatic heterocycles. The number of urea groups is 1. The summed E-state index contributed by atoms with van der Waals surface area (Å²) in [4.78, 5) is 21.5. The minimum atomic E-state index is -0.501. The summed E-state index contributed by atoms with van der Waals surface area (Å²) in [7, 11) is 0. The van der Waals surface area contributed by atoms with E-state index in [4.69, 9.17) is 0 Å². The molecule has 3 N–H and O–H groups in total. The van der Waals surface area contributed by atoms with Gasteiger partial charge in [0.1, 0.15) is 0 Å². The van der Waals surface area contributed by atoms with Gasteiger partial charge in [0.2, 0.25) is 0 Å². The highest BCUT2D eigenvalue weighted by Gasteiger charge is 2.18. The largest absolute Gasteiger partial charge is 0.333 e. The number of non-ortho nitro benzene ring substituents is 1. The monoisotopic (exact) mass is 236 g/mol. The number of carbonyl (C=O) groups excluding carboxylic acids is 1. The minimum absolute atomic E-state index is 0.0480. The Morgan fingerprint density at radius 1 is 1.47 bits per heavy atom. The van der Waals surface area contributed by atoms with Crippen LogP contribution >= 0.6 is 0 Å². The Labute approximate surface area is 97.3 Å². The van der Waals surface area contributed by atoms with Gasteiger partial charge in [-0.15, -0.1) is 0 Å². The van der Waals surface area contributed by atoms with E-state index in [9.17, 15) is 14.9 Å². The van der Waals surface area contributed by atoms with Crippen LogP contribution in [0.15, 0.2) is 24.3 Å². The van der Waals surface area contributed by atoms with E-state index < -0.39 is 4.92 Å². The number of nitrogens with one attached hydrogen (secondary N) is 3. The Bertz CT molecular complexity index is 445. The van der Waals surface area contributed by atoms with Crippen LogP contribution in [0.25, 0.3) is 0 Å². The number of amides is 2. The maximum Gasteiger partial charge on any atom is 0.319 e. The van der Waals surface area contributed by atoms with Gasteiger partial charge in [-0.1, -0.05) is 6.07 Å². The molecular formula is C10H12N4O3. The molecule has 1 fully saturated rings. The Hall–Kier alpha value is -2.15. The van der Waals surface area contributed by atoms with E-state index in [1.54, 1.807) is 6.07 Å². The van der Waals surface area contributed by atoms with Crippen LogP contribution in [-0.2, 0) is 0 Å². The SMILES string of the molecule is O=C(Nc1cccc([N+](=O)[O-])c1)NC1CNC1. The van der Waals surface area contributed by atoms with Gasteiger partial charge in [0.05, 0.1) is 11.0 Å². The molecule has 17 heavy (non-hydrogen) atoms. The molecule has 2 rings (SSSR count). The van der Waals surface area contributed by atoms with Crippen molar-refractivity contribution in [3.05, 3.63) is 34.4 Å². The molecule has 0 bridgehead atoms. The number of benzene rings is 1. The van der Waals surface area contributed by atoms with Crippen LogP contribution in [0.5, 0.6) is 0 Å². The summed E-state index contributed by atoms with van der Waals surface area (Å²) >= 11 is 0. The highest BCUT2D eigenvalue weighted by Crippen LogP contribution is 2.16. The average molecular weight is 236 g/mol. The fourth-order valence-corrected chi connectivity index (χ4v) is 1.44. The van der Waals surface area contributed by atoms with Crippen LogP contribution in [0.3, 0.4) is 0 Å². The third-order valence-corrected chi connectivity index (χ3v) is 2.43. The van der Waals surface area contributed by atoms with Crippen molar-refractivity contribution in [2.45, 2.75) is 6.04 Å². The fraction of sp³-hybridized carbons (Fsp3) is 0.300. The number of nitro benzene ring substituents is 1. The average Bonchev–Trinajstić information content (AvgIpc) is 2.24. The molecule has 0 atom stereocenters. The first-order valence-electron chi connectivity index (χ1n) is 5.18. The Kier molecular flexibility index (Phi) is 3.20. The highest BCUT2D eigenvalue weighted by atomic mass is 16.6. The summed E-state index contributed by atoms with van der Waals surface area (Å²) < 4.78 is 0. The summed E-state index contributed by atoms with van der Waals surface area (Å²) in [6.07, 6.45) is 0. The van der Waals surface area contributed by atoms with E-state index >= 15 is 0 Å². The number of rotatable bonds is 3. The highest BCUT2D eigenvalue weighted by molar-refractivity contribution is 5.89. The molecule has 0 unspecified atom stereocenters. The topological polar surface area (TPSA) is 96.3 Å². The van der Waals surface area contributed by atoms with Crippen LogP contribution in [0, 0.1) is 10.1 Å². The summed E-state index contributed by atoms with van der Waals surface area (Å²) in [5.41, 5.74) is 0.358. The van der Waals surface area contributed by atoms with Crippen molar-refractivity contribution in [1.29, 1.82) is 0 Å². The van der Waals surface area contributed by atoms with Crippen molar-refractivity contribution >= 4 is 17.4 Å². The molecule has 0 spiro atoms. The van der Waals surface area contributed by atoms with Gasteiger partial charge in [-0.25, -0.2) is 4.79 Å². The molecule has 1 aromatic carbocycles. The molecule has 0 radical (unpaired) electrons. The quantitative estimate of drug-likeness (QED) is 0.531. The fourth-order valence-electron chi connectivity index (χ4n) is 1.44. The molecule has 1 saturated heterocycles. The molecule has 1 aliphatic rings. The van der Waals surface area contributed by atoms with Crippen molar-refractivity contribution in [2.24, 2.45) is 0 Å². The summed E-state index contributed by atoms with van der Waals surface area (Å²) in [5, 5.41) is 18.8. The molecule has 1 aliphatic heterocycles. The van der Waals surface area contributed by atoms with Crippen LogP contribution in [0.4, 0.5) is 16.2 Å². The maximum atomic E-state index is 11.5. The number of nitro groups is 1. The standard InChI is InChI=1S/C10H12N4O3/c15-10(13-8-5-11-6-8)12-7-2-1-3-9(4-7)14(16)17/h1-4,8,11H,5-6H2,(H2,12,13,15). The smallest absolute Gasteiger partial charge is 0.319 e. The molecule has 0 aliphatic carbocycles. The van der Waals surface area contributed by atoms with E-state index in [0.29, 0.717) is 5.69 Å². The number of carbonyl (C=O) groups is 1. The van der Waals surface area contributed by atoms with Crippen LogP contribution in [0.1, 0.15) is 0 Å². The predicted molar refractivity (Wildman–Crippen MR) is 61.9 cm³/mol. The summed E-state index contributed by atoms with van der Waals surface area (Å²) in [6, 6.07) is 5.60. The number of nitrogens with zero attached hydrogens (tertiary/aromatic N) is 1. The zero-order valence-electron chi connectivity index (χ0n) is 8.97. The molecular weight excluding hydrogens is 224 g/mol. The molecule has 2 amide bonds. The van der Waals surface area contributed by atoms with Crippen molar-refractivity contribution in [1.82, 2.24) is 10.6 Å². The zero-order chi connectivity index (χ0) is 12.3. The van der Waals surface area contributed by atoms with Gasteiger partial charge in [0.15, 0.2) is 0 Å². The zero-order valence-corrected chi connectivity index (χ0v) is 8.97. The lowest BCUT2D eigenvalue weighted by Gasteiger charge is -2.27. The van der Waals surface area contributed by atoms with Crippen molar-refractivity contribution in [2.75, 3.05) is 18.4 Å². The lowest BCUT2D eigenvalue weighted by Crippen LogP contribution is -2.57. The normalized spacial score (nSPS) is 14.8. The molecule has 1 aromatic rings. The van der Waals surface area contributed by atoms with Crippen LogP contribution in [-0.4, -0.2) is 30.1 Å². The summed E-state index contributed by atoms with van der Waals surface area (Å²) in [6.45, 7) is 1.50. The van der Waals surface area contributed by atoms with Gasteiger partial charge in [-0.2, -0.15) is 0 Å². The molecule has 90 valence electrons. The summed E-state index contributed by atoms with van der Waals surface area (Å²) in [5.74, 6) is 0. The lowest BCUT2D eigenvalue weighted by atomic mass is 10.2. The minimum Gasteiger partial charge on any atom is -0.333 e. The van der Waals surface area contributed by atoms with Crippen molar-refractivity contribution in [3.8, 4) is 0 Å².